The lowest BCUT2D eigenvalue weighted by Crippen LogP contribution is -2.28. The van der Waals surface area contributed by atoms with Gasteiger partial charge in [0.05, 0.1) is 13.2 Å². The van der Waals surface area contributed by atoms with E-state index in [0.29, 0.717) is 0 Å². The van der Waals surface area contributed by atoms with Crippen LogP contribution in [0.5, 0.6) is 0 Å². The number of thioether (sulfide) groups is 1. The summed E-state index contributed by atoms with van der Waals surface area (Å²) in [5.41, 5.74) is 1.36. The first-order chi connectivity index (χ1) is 8.81. The number of ether oxygens (including phenoxy) is 1. The van der Waals surface area contributed by atoms with Crippen LogP contribution < -0.4 is 0 Å². The van der Waals surface area contributed by atoms with Gasteiger partial charge in [-0.05, 0) is 55.6 Å². The molecule has 0 unspecified atom stereocenters. The van der Waals surface area contributed by atoms with E-state index in [1.54, 1.807) is 0 Å². The minimum absolute atomic E-state index is 0.848. The largest absolute Gasteiger partial charge is 0.381 e. The zero-order valence-electron chi connectivity index (χ0n) is 10.8. The number of hydrogen-bond acceptors (Lipinski definition) is 2. The van der Waals surface area contributed by atoms with Gasteiger partial charge < -0.3 is 4.74 Å². The van der Waals surface area contributed by atoms with E-state index in [-0.39, 0.29) is 0 Å². The van der Waals surface area contributed by atoms with Crippen LogP contribution in [0.3, 0.4) is 0 Å². The highest BCUT2D eigenvalue weighted by Gasteiger charge is 2.54. The molecule has 1 aliphatic heterocycles. The van der Waals surface area contributed by atoms with Gasteiger partial charge in [-0.2, -0.15) is 0 Å². The molecule has 3 fully saturated rings. The summed E-state index contributed by atoms with van der Waals surface area (Å²) >= 11 is 2.12. The van der Waals surface area contributed by atoms with E-state index < -0.39 is 0 Å². The van der Waals surface area contributed by atoms with Crippen molar-refractivity contribution in [2.45, 2.75) is 29.9 Å². The molecule has 2 bridgehead atoms. The molecule has 18 heavy (non-hydrogen) atoms. The first-order valence-corrected chi connectivity index (χ1v) is 8.00. The summed E-state index contributed by atoms with van der Waals surface area (Å²) in [5, 5.41) is 0.848. The maximum absolute atomic E-state index is 5.70. The van der Waals surface area contributed by atoms with Crippen LogP contribution >= 0.6 is 11.8 Å². The highest BCUT2D eigenvalue weighted by molar-refractivity contribution is 8.00. The van der Waals surface area contributed by atoms with Gasteiger partial charge >= 0.3 is 0 Å². The summed E-state index contributed by atoms with van der Waals surface area (Å²) in [7, 11) is 0. The van der Waals surface area contributed by atoms with Crippen molar-refractivity contribution in [3.05, 3.63) is 29.8 Å². The van der Waals surface area contributed by atoms with E-state index in [1.165, 1.54) is 23.3 Å². The van der Waals surface area contributed by atoms with Gasteiger partial charge in [0.15, 0.2) is 0 Å². The van der Waals surface area contributed by atoms with Gasteiger partial charge in [0, 0.05) is 10.1 Å². The van der Waals surface area contributed by atoms with Crippen LogP contribution in [0.1, 0.15) is 18.4 Å². The van der Waals surface area contributed by atoms with Crippen molar-refractivity contribution in [1.82, 2.24) is 0 Å². The van der Waals surface area contributed by atoms with Gasteiger partial charge in [-0.1, -0.05) is 17.7 Å². The molecule has 5 atom stereocenters. The fourth-order valence-corrected chi connectivity index (χ4v) is 5.79. The average Bonchev–Trinajstić information content (AvgIpc) is 3.03. The Morgan fingerprint density at radius 1 is 1.00 bits per heavy atom. The third-order valence-electron chi connectivity index (χ3n) is 5.22. The molecule has 1 aromatic rings. The molecule has 0 spiro atoms. The maximum Gasteiger partial charge on any atom is 0.0501 e. The summed E-state index contributed by atoms with van der Waals surface area (Å²) < 4.78 is 5.70. The Morgan fingerprint density at radius 2 is 1.78 bits per heavy atom. The minimum atomic E-state index is 0.848. The quantitative estimate of drug-likeness (QED) is 0.801. The van der Waals surface area contributed by atoms with Crippen LogP contribution in [0, 0.1) is 30.6 Å². The Labute approximate surface area is 113 Å². The standard InChI is InChI=1S/C16H20OS/c1-10-2-4-12(5-3-10)18-16-7-11-6-13(16)15-9-17-8-14(11)15/h2-5,11,13-16H,6-9H2,1H3/t11-,13+,14+,15+,16-/m0/s1. The average molecular weight is 260 g/mol. The van der Waals surface area contributed by atoms with E-state index in [9.17, 15) is 0 Å². The van der Waals surface area contributed by atoms with E-state index in [2.05, 4.69) is 43.0 Å². The second kappa shape index (κ2) is 4.28. The van der Waals surface area contributed by atoms with Gasteiger partial charge in [-0.25, -0.2) is 0 Å². The second-order valence-corrected chi connectivity index (χ2v) is 7.54. The van der Waals surface area contributed by atoms with Crippen LogP contribution in [0.25, 0.3) is 0 Å². The summed E-state index contributed by atoms with van der Waals surface area (Å²) in [6.45, 7) is 4.25. The van der Waals surface area contributed by atoms with Crippen molar-refractivity contribution in [3.63, 3.8) is 0 Å². The van der Waals surface area contributed by atoms with Gasteiger partial charge in [0.1, 0.15) is 0 Å². The lowest BCUT2D eigenvalue weighted by atomic mass is 9.81. The van der Waals surface area contributed by atoms with Crippen molar-refractivity contribution in [3.8, 4) is 0 Å². The lowest BCUT2D eigenvalue weighted by molar-refractivity contribution is 0.164. The minimum Gasteiger partial charge on any atom is -0.381 e. The second-order valence-electron chi connectivity index (χ2n) is 6.23. The molecule has 0 N–H and O–H groups in total. The number of benzene rings is 1. The highest BCUT2D eigenvalue weighted by atomic mass is 32.2. The smallest absolute Gasteiger partial charge is 0.0501 e. The fourth-order valence-electron chi connectivity index (χ4n) is 4.31. The molecule has 1 aromatic carbocycles. The Morgan fingerprint density at radius 3 is 2.61 bits per heavy atom. The third kappa shape index (κ3) is 1.73. The van der Waals surface area contributed by atoms with E-state index in [1.807, 2.05) is 0 Å². The summed E-state index contributed by atoms with van der Waals surface area (Å²) in [5.74, 6) is 3.68. The zero-order valence-corrected chi connectivity index (χ0v) is 11.7. The molecule has 1 saturated heterocycles. The number of rotatable bonds is 2. The normalized spacial score (nSPS) is 41.3. The van der Waals surface area contributed by atoms with Crippen molar-refractivity contribution in [1.29, 1.82) is 0 Å². The predicted octanol–water partition coefficient (Wildman–Crippen LogP) is 3.76. The van der Waals surface area contributed by atoms with Crippen LogP contribution in [0.15, 0.2) is 29.2 Å². The van der Waals surface area contributed by atoms with Crippen molar-refractivity contribution in [2.75, 3.05) is 13.2 Å². The first kappa shape index (κ1) is 11.4. The van der Waals surface area contributed by atoms with Crippen molar-refractivity contribution < 1.29 is 4.74 Å². The Kier molecular flexibility index (Phi) is 2.70. The molecule has 1 heterocycles. The maximum atomic E-state index is 5.70. The van der Waals surface area contributed by atoms with Crippen LogP contribution in [0.2, 0.25) is 0 Å². The highest BCUT2D eigenvalue weighted by Crippen LogP contribution is 2.58. The molecule has 2 saturated carbocycles. The molecule has 2 aliphatic carbocycles. The van der Waals surface area contributed by atoms with Crippen LogP contribution in [-0.4, -0.2) is 18.5 Å². The van der Waals surface area contributed by atoms with Crippen molar-refractivity contribution >= 4 is 11.8 Å². The van der Waals surface area contributed by atoms with Crippen LogP contribution in [0.4, 0.5) is 0 Å². The molecule has 0 amide bonds. The number of aryl methyl sites for hydroxylation is 1. The molecule has 1 nitrogen and oxygen atoms in total. The van der Waals surface area contributed by atoms with Gasteiger partial charge in [-0.15, -0.1) is 11.8 Å². The molecule has 96 valence electrons. The molecular weight excluding hydrogens is 240 g/mol. The lowest BCUT2D eigenvalue weighted by Gasteiger charge is -2.29. The van der Waals surface area contributed by atoms with Crippen LogP contribution in [-0.2, 0) is 4.74 Å². The zero-order chi connectivity index (χ0) is 12.1. The molecule has 2 heteroatoms. The predicted molar refractivity (Wildman–Crippen MR) is 74.8 cm³/mol. The summed E-state index contributed by atoms with van der Waals surface area (Å²) in [6.07, 6.45) is 2.90. The van der Waals surface area contributed by atoms with E-state index in [0.717, 1.165) is 42.1 Å². The number of fused-ring (bicyclic) bond motifs is 5. The molecule has 0 aromatic heterocycles. The Balaban J connectivity index is 1.49. The van der Waals surface area contributed by atoms with Gasteiger partial charge in [-0.3, -0.25) is 0 Å². The third-order valence-corrected chi connectivity index (χ3v) is 6.61. The monoisotopic (exact) mass is 260 g/mol. The number of hydrogen-bond donors (Lipinski definition) is 0. The molecule has 4 rings (SSSR count). The molecule has 0 radical (unpaired) electrons. The SMILES string of the molecule is Cc1ccc(S[C@H]2C[C@@H]3C[C@@H]2[C@H]2COC[C@H]32)cc1. The van der Waals surface area contributed by atoms with E-state index in [4.69, 9.17) is 4.74 Å². The first-order valence-electron chi connectivity index (χ1n) is 7.12. The van der Waals surface area contributed by atoms with Gasteiger partial charge in [0.2, 0.25) is 0 Å². The van der Waals surface area contributed by atoms with E-state index >= 15 is 0 Å². The topological polar surface area (TPSA) is 9.23 Å². The van der Waals surface area contributed by atoms with Gasteiger partial charge in [0.25, 0.3) is 0 Å². The molecular formula is C16H20OS. The Bertz CT molecular complexity index is 441. The van der Waals surface area contributed by atoms with Crippen molar-refractivity contribution in [2.24, 2.45) is 23.7 Å². The summed E-state index contributed by atoms with van der Waals surface area (Å²) in [4.78, 5) is 1.45. The Hall–Kier alpha value is -0.470. The fraction of sp³-hybridized carbons (Fsp3) is 0.625. The molecule has 3 aliphatic rings. The summed E-state index contributed by atoms with van der Waals surface area (Å²) in [6, 6.07) is 9.04.